The van der Waals surface area contributed by atoms with Crippen LogP contribution in [0.5, 0.6) is 0 Å². The summed E-state index contributed by atoms with van der Waals surface area (Å²) in [5.74, 6) is 0.509. The van der Waals surface area contributed by atoms with E-state index in [-0.39, 0.29) is 18.0 Å². The van der Waals surface area contributed by atoms with E-state index in [9.17, 15) is 13.2 Å². The molecule has 0 saturated heterocycles. The van der Waals surface area contributed by atoms with E-state index in [1.807, 2.05) is 24.3 Å². The first-order valence-electron chi connectivity index (χ1n) is 9.89. The van der Waals surface area contributed by atoms with Gasteiger partial charge in [-0.2, -0.15) is 0 Å². The Bertz CT molecular complexity index is 1110. The zero-order chi connectivity index (χ0) is 22.3. The van der Waals surface area contributed by atoms with Gasteiger partial charge in [-0.25, -0.2) is 17.9 Å². The number of sulfonamides is 1. The largest absolute Gasteiger partial charge is 0.468 e. The van der Waals surface area contributed by atoms with Gasteiger partial charge in [0.1, 0.15) is 12.4 Å². The van der Waals surface area contributed by atoms with Crippen LogP contribution in [-0.4, -0.2) is 14.4 Å². The number of carbonyl (C=O) groups excluding carboxylic acids is 1. The van der Waals surface area contributed by atoms with Crippen molar-refractivity contribution in [2.45, 2.75) is 37.8 Å². The summed E-state index contributed by atoms with van der Waals surface area (Å²) in [6, 6.07) is 17.5. The monoisotopic (exact) mass is 439 g/mol. The molecule has 1 aromatic heterocycles. The predicted octanol–water partition coefficient (Wildman–Crippen LogP) is 4.64. The van der Waals surface area contributed by atoms with Gasteiger partial charge in [0.15, 0.2) is 0 Å². The number of furan rings is 1. The average Bonchev–Trinajstić information content (AvgIpc) is 3.29. The molecule has 0 aliphatic heterocycles. The second-order valence-electron chi connectivity index (χ2n) is 7.31. The first-order chi connectivity index (χ1) is 14.8. The Morgan fingerprint density at radius 3 is 2.39 bits per heavy atom. The number of rotatable bonds is 9. The third kappa shape index (κ3) is 6.67. The average molecular weight is 440 g/mol. The van der Waals surface area contributed by atoms with Crippen molar-refractivity contribution in [3.8, 4) is 0 Å². The lowest BCUT2D eigenvalue weighted by Gasteiger charge is -2.07. The molecule has 0 atom stereocenters. The topological polar surface area (TPSA) is 85.6 Å². The van der Waals surface area contributed by atoms with Crippen LogP contribution in [0.3, 0.4) is 0 Å². The van der Waals surface area contributed by atoms with Crippen LogP contribution < -0.4 is 4.72 Å². The summed E-state index contributed by atoms with van der Waals surface area (Å²) in [4.78, 5) is 12.1. The van der Waals surface area contributed by atoms with E-state index in [2.05, 4.69) is 18.6 Å². The van der Waals surface area contributed by atoms with Crippen LogP contribution in [-0.2, 0) is 32.7 Å². The quantitative estimate of drug-likeness (QED) is 0.388. The van der Waals surface area contributed by atoms with Crippen LogP contribution in [0, 0.1) is 0 Å². The van der Waals surface area contributed by atoms with Crippen LogP contribution in [0.1, 0.15) is 42.2 Å². The van der Waals surface area contributed by atoms with Crippen molar-refractivity contribution in [2.24, 2.45) is 0 Å². The highest BCUT2D eigenvalue weighted by Gasteiger charge is 2.14. The third-order valence-corrected chi connectivity index (χ3v) is 6.06. The number of ether oxygens (including phenoxy) is 1. The Balaban J connectivity index is 1.51. The molecule has 0 saturated carbocycles. The fourth-order valence-electron chi connectivity index (χ4n) is 2.79. The summed E-state index contributed by atoms with van der Waals surface area (Å²) in [6.07, 6.45) is 4.39. The zero-order valence-electron chi connectivity index (χ0n) is 17.4. The molecular formula is C24H25NO5S. The third-order valence-electron chi connectivity index (χ3n) is 4.65. The molecule has 0 amide bonds. The molecule has 0 radical (unpaired) electrons. The van der Waals surface area contributed by atoms with Crippen LogP contribution >= 0.6 is 0 Å². The lowest BCUT2D eigenvalue weighted by atomic mass is 10.0. The molecule has 0 aliphatic carbocycles. The molecule has 3 aromatic rings. The Labute approximate surface area is 182 Å². The van der Waals surface area contributed by atoms with E-state index in [0.717, 1.165) is 5.56 Å². The molecule has 1 N–H and O–H groups in total. The minimum Gasteiger partial charge on any atom is -0.468 e. The summed E-state index contributed by atoms with van der Waals surface area (Å²) in [6.45, 7) is 4.52. The van der Waals surface area contributed by atoms with Gasteiger partial charge in [-0.15, -0.1) is 0 Å². The number of carbonyl (C=O) groups is 1. The van der Waals surface area contributed by atoms with Crippen molar-refractivity contribution >= 4 is 22.1 Å². The lowest BCUT2D eigenvalue weighted by molar-refractivity contribution is -0.138. The minimum atomic E-state index is -3.66. The highest BCUT2D eigenvalue weighted by atomic mass is 32.2. The molecular weight excluding hydrogens is 414 g/mol. The van der Waals surface area contributed by atoms with Crippen LogP contribution in [0.15, 0.2) is 82.3 Å². The lowest BCUT2D eigenvalue weighted by Crippen LogP contribution is -2.22. The van der Waals surface area contributed by atoms with Gasteiger partial charge in [-0.05, 0) is 52.9 Å². The number of esters is 1. The van der Waals surface area contributed by atoms with Crippen molar-refractivity contribution < 1.29 is 22.4 Å². The van der Waals surface area contributed by atoms with E-state index < -0.39 is 16.0 Å². The smallest absolute Gasteiger partial charge is 0.331 e. The van der Waals surface area contributed by atoms with E-state index in [0.29, 0.717) is 17.2 Å². The molecule has 1 heterocycles. The summed E-state index contributed by atoms with van der Waals surface area (Å²) in [5.41, 5.74) is 2.84. The van der Waals surface area contributed by atoms with E-state index >= 15 is 0 Å². The fourth-order valence-corrected chi connectivity index (χ4v) is 3.78. The molecule has 31 heavy (non-hydrogen) atoms. The zero-order valence-corrected chi connectivity index (χ0v) is 18.3. The highest BCUT2D eigenvalue weighted by molar-refractivity contribution is 7.89. The molecule has 0 spiro atoms. The van der Waals surface area contributed by atoms with Crippen molar-refractivity contribution in [3.05, 3.63) is 95.5 Å². The van der Waals surface area contributed by atoms with Gasteiger partial charge in [0.05, 0.1) is 17.7 Å². The normalized spacial score (nSPS) is 11.8. The summed E-state index contributed by atoms with van der Waals surface area (Å²) in [5, 5.41) is 0. The van der Waals surface area contributed by atoms with Crippen molar-refractivity contribution in [2.75, 3.05) is 0 Å². The van der Waals surface area contributed by atoms with Crippen LogP contribution in [0.2, 0.25) is 0 Å². The SMILES string of the molecule is CC(C)c1ccc(COC(=O)/C=C/c2ccc(S(=O)(=O)NCc3ccco3)cc2)cc1. The molecule has 6 nitrogen and oxygen atoms in total. The van der Waals surface area contributed by atoms with E-state index in [1.54, 1.807) is 30.3 Å². The number of benzene rings is 2. The summed E-state index contributed by atoms with van der Waals surface area (Å²) < 4.78 is 37.5. The Morgan fingerprint density at radius 1 is 1.06 bits per heavy atom. The van der Waals surface area contributed by atoms with Gasteiger partial charge in [0.2, 0.25) is 10.0 Å². The number of nitrogens with one attached hydrogen (secondary N) is 1. The van der Waals surface area contributed by atoms with Crippen molar-refractivity contribution in [1.82, 2.24) is 4.72 Å². The summed E-state index contributed by atoms with van der Waals surface area (Å²) >= 11 is 0. The van der Waals surface area contributed by atoms with Crippen molar-refractivity contribution in [1.29, 1.82) is 0 Å². The highest BCUT2D eigenvalue weighted by Crippen LogP contribution is 2.16. The summed E-state index contributed by atoms with van der Waals surface area (Å²) in [7, 11) is -3.66. The van der Waals surface area contributed by atoms with Gasteiger partial charge in [0, 0.05) is 6.08 Å². The van der Waals surface area contributed by atoms with Crippen LogP contribution in [0.4, 0.5) is 0 Å². The second kappa shape index (κ2) is 10.2. The molecule has 0 aliphatic rings. The second-order valence-corrected chi connectivity index (χ2v) is 9.08. The first-order valence-corrected chi connectivity index (χ1v) is 11.4. The van der Waals surface area contributed by atoms with Crippen molar-refractivity contribution in [3.63, 3.8) is 0 Å². The van der Waals surface area contributed by atoms with Crippen LogP contribution in [0.25, 0.3) is 6.08 Å². The van der Waals surface area contributed by atoms with Gasteiger partial charge in [0.25, 0.3) is 0 Å². The molecule has 0 fully saturated rings. The molecule has 7 heteroatoms. The minimum absolute atomic E-state index is 0.0724. The number of hydrogen-bond donors (Lipinski definition) is 1. The maximum Gasteiger partial charge on any atom is 0.331 e. The number of hydrogen-bond acceptors (Lipinski definition) is 5. The molecule has 0 unspecified atom stereocenters. The standard InChI is InChI=1S/C24H25NO5S/c1-18(2)21-10-5-20(6-11-21)17-30-24(26)14-9-19-7-12-23(13-8-19)31(27,28)25-16-22-4-3-15-29-22/h3-15,18,25H,16-17H2,1-2H3/b14-9+. The van der Waals surface area contributed by atoms with Gasteiger partial charge >= 0.3 is 5.97 Å². The fraction of sp³-hybridized carbons (Fsp3) is 0.208. The maximum atomic E-state index is 12.3. The predicted molar refractivity (Wildman–Crippen MR) is 119 cm³/mol. The first kappa shape index (κ1) is 22.5. The van der Waals surface area contributed by atoms with Gasteiger partial charge < -0.3 is 9.15 Å². The van der Waals surface area contributed by atoms with Gasteiger partial charge in [-0.3, -0.25) is 0 Å². The Morgan fingerprint density at radius 2 is 1.77 bits per heavy atom. The molecule has 3 rings (SSSR count). The molecule has 162 valence electrons. The molecule has 0 bridgehead atoms. The van der Waals surface area contributed by atoms with E-state index in [4.69, 9.17) is 9.15 Å². The van der Waals surface area contributed by atoms with Gasteiger partial charge in [-0.1, -0.05) is 50.2 Å². The Hall–Kier alpha value is -3.16. The molecule has 2 aromatic carbocycles. The Kier molecular flexibility index (Phi) is 7.44. The van der Waals surface area contributed by atoms with E-state index in [1.165, 1.54) is 30.0 Å². The maximum absolute atomic E-state index is 12.3.